The maximum absolute atomic E-state index is 11.7. The average molecular weight is 307 g/mol. The number of nitrogens with one attached hydrogen (secondary N) is 2. The van der Waals surface area contributed by atoms with E-state index < -0.39 is 0 Å². The number of carbonyl (C=O) groups excluding carboxylic acids is 1. The smallest absolute Gasteiger partial charge is 0.221 e. The van der Waals surface area contributed by atoms with Gasteiger partial charge in [0.25, 0.3) is 0 Å². The van der Waals surface area contributed by atoms with E-state index in [-0.39, 0.29) is 11.9 Å². The summed E-state index contributed by atoms with van der Waals surface area (Å²) in [4.78, 5) is 18.1. The first kappa shape index (κ1) is 18.1. The summed E-state index contributed by atoms with van der Waals surface area (Å²) in [5.74, 6) is 0.861. The first-order valence-electron chi connectivity index (χ1n) is 7.79. The van der Waals surface area contributed by atoms with Crippen molar-refractivity contribution in [1.82, 2.24) is 20.1 Å². The van der Waals surface area contributed by atoms with Gasteiger partial charge in [-0.3, -0.25) is 9.79 Å². The number of aryl methyl sites for hydroxylation is 1. The van der Waals surface area contributed by atoms with Gasteiger partial charge in [0.2, 0.25) is 5.91 Å². The normalized spacial score (nSPS) is 12.9. The van der Waals surface area contributed by atoms with Crippen LogP contribution in [0.3, 0.4) is 0 Å². The molecule has 22 heavy (non-hydrogen) atoms. The number of hydrogen-bond donors (Lipinski definition) is 2. The Morgan fingerprint density at radius 1 is 1.50 bits per heavy atom. The molecule has 0 fully saturated rings. The van der Waals surface area contributed by atoms with E-state index >= 15 is 0 Å². The summed E-state index contributed by atoms with van der Waals surface area (Å²) in [5, 5.41) is 6.19. The summed E-state index contributed by atoms with van der Waals surface area (Å²) in [6.45, 7) is 5.41. The lowest BCUT2D eigenvalue weighted by molar-refractivity contribution is -0.121. The van der Waals surface area contributed by atoms with Gasteiger partial charge < -0.3 is 20.1 Å². The summed E-state index contributed by atoms with van der Waals surface area (Å²) < 4.78 is 2.09. The van der Waals surface area contributed by atoms with E-state index in [0.29, 0.717) is 13.0 Å². The first-order valence-corrected chi connectivity index (χ1v) is 7.79. The third kappa shape index (κ3) is 5.79. The molecule has 1 rings (SSSR count). The Balaban J connectivity index is 2.39. The van der Waals surface area contributed by atoms with Gasteiger partial charge in [0.05, 0.1) is 6.54 Å². The van der Waals surface area contributed by atoms with Crippen molar-refractivity contribution >= 4 is 11.9 Å². The molecule has 6 heteroatoms. The maximum atomic E-state index is 11.7. The Kier molecular flexibility index (Phi) is 7.49. The Hall–Kier alpha value is -1.98. The topological polar surface area (TPSA) is 61.7 Å². The van der Waals surface area contributed by atoms with Crippen LogP contribution in [0.2, 0.25) is 0 Å². The average Bonchev–Trinajstić information content (AvgIpc) is 2.88. The van der Waals surface area contributed by atoms with Crippen LogP contribution >= 0.6 is 0 Å². The van der Waals surface area contributed by atoms with Crippen molar-refractivity contribution in [2.24, 2.45) is 12.0 Å². The zero-order chi connectivity index (χ0) is 16.5. The van der Waals surface area contributed by atoms with Gasteiger partial charge >= 0.3 is 0 Å². The highest BCUT2D eigenvalue weighted by Gasteiger charge is 2.09. The summed E-state index contributed by atoms with van der Waals surface area (Å²) >= 11 is 0. The van der Waals surface area contributed by atoms with Gasteiger partial charge in [-0.25, -0.2) is 0 Å². The molecule has 0 spiro atoms. The molecule has 1 unspecified atom stereocenters. The van der Waals surface area contributed by atoms with Gasteiger partial charge in [-0.2, -0.15) is 0 Å². The number of nitrogens with zero attached hydrogens (tertiary/aromatic N) is 3. The molecule has 0 radical (unpaired) electrons. The standard InChI is InChI=1S/C16H29N5O/c1-6-13(2)19-15(22)9-10-18-16(17-3)21(5)12-14-8-7-11-20(14)4/h7-8,11,13H,6,9-10,12H2,1-5H3,(H,17,18)(H,19,22). The van der Waals surface area contributed by atoms with Gasteiger partial charge in [-0.1, -0.05) is 6.92 Å². The van der Waals surface area contributed by atoms with Crippen LogP contribution < -0.4 is 10.6 Å². The summed E-state index contributed by atoms with van der Waals surface area (Å²) in [6.07, 6.45) is 3.42. The van der Waals surface area contributed by atoms with Gasteiger partial charge in [-0.15, -0.1) is 0 Å². The predicted octanol–water partition coefficient (Wildman–Crippen LogP) is 1.34. The molecular weight excluding hydrogens is 278 g/mol. The molecule has 1 aromatic rings. The first-order chi connectivity index (χ1) is 10.5. The molecule has 0 saturated carbocycles. The fourth-order valence-electron chi connectivity index (χ4n) is 2.10. The van der Waals surface area contributed by atoms with Crippen molar-refractivity contribution < 1.29 is 4.79 Å². The van der Waals surface area contributed by atoms with E-state index in [1.165, 1.54) is 5.69 Å². The molecule has 6 nitrogen and oxygen atoms in total. The Morgan fingerprint density at radius 3 is 2.77 bits per heavy atom. The number of hydrogen-bond acceptors (Lipinski definition) is 2. The molecule has 0 aliphatic carbocycles. The molecule has 1 heterocycles. The van der Waals surface area contributed by atoms with Crippen molar-refractivity contribution in [2.45, 2.75) is 39.3 Å². The lowest BCUT2D eigenvalue weighted by Crippen LogP contribution is -2.41. The van der Waals surface area contributed by atoms with Gasteiger partial charge in [0.1, 0.15) is 0 Å². The summed E-state index contributed by atoms with van der Waals surface area (Å²) in [6, 6.07) is 4.34. The summed E-state index contributed by atoms with van der Waals surface area (Å²) in [5.41, 5.74) is 1.21. The van der Waals surface area contributed by atoms with Crippen LogP contribution in [0.25, 0.3) is 0 Å². The second-order valence-corrected chi connectivity index (χ2v) is 5.57. The van der Waals surface area contributed by atoms with Crippen molar-refractivity contribution in [1.29, 1.82) is 0 Å². The molecular formula is C16H29N5O. The number of aromatic nitrogens is 1. The zero-order valence-corrected chi connectivity index (χ0v) is 14.4. The van der Waals surface area contributed by atoms with Crippen molar-refractivity contribution in [3.8, 4) is 0 Å². The molecule has 1 amide bonds. The molecule has 124 valence electrons. The SMILES string of the molecule is CCC(C)NC(=O)CCNC(=NC)N(C)Cc1cccn1C. The quantitative estimate of drug-likeness (QED) is 0.590. The Labute approximate surface area is 133 Å². The van der Waals surface area contributed by atoms with Crippen molar-refractivity contribution in [2.75, 3.05) is 20.6 Å². The number of aliphatic imine (C=N–C) groups is 1. The molecule has 0 aliphatic heterocycles. The minimum atomic E-state index is 0.0717. The monoisotopic (exact) mass is 307 g/mol. The molecule has 0 aliphatic rings. The number of amides is 1. The van der Waals surface area contributed by atoms with Gasteiger partial charge in [0.15, 0.2) is 5.96 Å². The highest BCUT2D eigenvalue weighted by Crippen LogP contribution is 2.03. The van der Waals surface area contributed by atoms with Crippen LogP contribution in [0.4, 0.5) is 0 Å². The van der Waals surface area contributed by atoms with E-state index in [1.54, 1.807) is 7.05 Å². The molecule has 0 bridgehead atoms. The second-order valence-electron chi connectivity index (χ2n) is 5.57. The van der Waals surface area contributed by atoms with E-state index in [4.69, 9.17) is 0 Å². The highest BCUT2D eigenvalue weighted by atomic mass is 16.1. The molecule has 1 atom stereocenters. The third-order valence-electron chi connectivity index (χ3n) is 3.68. The van der Waals surface area contributed by atoms with Crippen LogP contribution in [0.15, 0.2) is 23.3 Å². The Morgan fingerprint density at radius 2 is 2.23 bits per heavy atom. The summed E-state index contributed by atoms with van der Waals surface area (Å²) in [7, 11) is 5.77. The molecule has 0 aromatic carbocycles. The Bertz CT molecular complexity index is 494. The van der Waals surface area contributed by atoms with Crippen LogP contribution in [0.5, 0.6) is 0 Å². The number of carbonyl (C=O) groups is 1. The predicted molar refractivity (Wildman–Crippen MR) is 90.8 cm³/mol. The maximum Gasteiger partial charge on any atom is 0.221 e. The zero-order valence-electron chi connectivity index (χ0n) is 14.4. The van der Waals surface area contributed by atoms with E-state index in [2.05, 4.69) is 33.2 Å². The number of guanidine groups is 1. The number of rotatable bonds is 7. The van der Waals surface area contributed by atoms with E-state index in [1.807, 2.05) is 38.2 Å². The molecule has 2 N–H and O–H groups in total. The minimum Gasteiger partial charge on any atom is -0.356 e. The molecule has 0 saturated heterocycles. The van der Waals surface area contributed by atoms with E-state index in [9.17, 15) is 4.79 Å². The van der Waals surface area contributed by atoms with E-state index in [0.717, 1.165) is 18.9 Å². The third-order valence-corrected chi connectivity index (χ3v) is 3.68. The van der Waals surface area contributed by atoms with Crippen LogP contribution in [-0.4, -0.2) is 48.0 Å². The van der Waals surface area contributed by atoms with Crippen LogP contribution in [0, 0.1) is 0 Å². The highest BCUT2D eigenvalue weighted by molar-refractivity contribution is 5.81. The largest absolute Gasteiger partial charge is 0.356 e. The second kappa shape index (κ2) is 9.12. The minimum absolute atomic E-state index is 0.0717. The lowest BCUT2D eigenvalue weighted by Gasteiger charge is -2.22. The fourth-order valence-corrected chi connectivity index (χ4v) is 2.10. The van der Waals surface area contributed by atoms with Crippen molar-refractivity contribution in [3.05, 3.63) is 24.0 Å². The van der Waals surface area contributed by atoms with Crippen LogP contribution in [-0.2, 0) is 18.4 Å². The van der Waals surface area contributed by atoms with Crippen molar-refractivity contribution in [3.63, 3.8) is 0 Å². The van der Waals surface area contributed by atoms with Gasteiger partial charge in [0, 0.05) is 52.0 Å². The fraction of sp³-hybridized carbons (Fsp3) is 0.625. The lowest BCUT2D eigenvalue weighted by atomic mass is 10.2. The van der Waals surface area contributed by atoms with Gasteiger partial charge in [-0.05, 0) is 25.5 Å². The molecule has 1 aromatic heterocycles. The van der Waals surface area contributed by atoms with Crippen LogP contribution in [0.1, 0.15) is 32.4 Å².